The van der Waals surface area contributed by atoms with Crippen LogP contribution in [0.2, 0.25) is 5.02 Å². The van der Waals surface area contributed by atoms with Crippen LogP contribution < -0.4 is 10.2 Å². The van der Waals surface area contributed by atoms with Crippen molar-refractivity contribution < 1.29 is 22.7 Å². The smallest absolute Gasteiger partial charge is 0.378 e. The minimum atomic E-state index is -4.48. The molecule has 0 bridgehead atoms. The van der Waals surface area contributed by atoms with Gasteiger partial charge in [0.25, 0.3) is 0 Å². The predicted molar refractivity (Wildman–Crippen MR) is 90.3 cm³/mol. The molecule has 0 spiro atoms. The average molecular weight is 393 g/mol. The number of rotatable bonds is 3. The highest BCUT2D eigenvalue weighted by Gasteiger charge is 2.32. The van der Waals surface area contributed by atoms with Gasteiger partial charge in [-0.25, -0.2) is 4.98 Å². The van der Waals surface area contributed by atoms with Gasteiger partial charge in [0, 0.05) is 51.4 Å². The second-order valence-electron chi connectivity index (χ2n) is 6.33. The van der Waals surface area contributed by atoms with Crippen molar-refractivity contribution in [3.8, 4) is 0 Å². The van der Waals surface area contributed by atoms with E-state index >= 15 is 0 Å². The Kier molecular flexibility index (Phi) is 5.89. The van der Waals surface area contributed by atoms with Crippen LogP contribution in [0.1, 0.15) is 12.0 Å². The van der Waals surface area contributed by atoms with E-state index < -0.39 is 11.7 Å². The molecule has 1 aromatic rings. The predicted octanol–water partition coefficient (Wildman–Crippen LogP) is 1.78. The van der Waals surface area contributed by atoms with Crippen molar-refractivity contribution in [3.05, 3.63) is 22.8 Å². The highest BCUT2D eigenvalue weighted by atomic mass is 35.5. The first-order chi connectivity index (χ1) is 12.3. The van der Waals surface area contributed by atoms with Crippen LogP contribution in [0.3, 0.4) is 0 Å². The van der Waals surface area contributed by atoms with Gasteiger partial charge in [-0.15, -0.1) is 0 Å². The molecule has 1 atom stereocenters. The number of piperazine rings is 1. The van der Waals surface area contributed by atoms with E-state index in [0.29, 0.717) is 51.6 Å². The molecule has 2 aliphatic rings. The quantitative estimate of drug-likeness (QED) is 0.849. The molecule has 0 aromatic carbocycles. The van der Waals surface area contributed by atoms with Gasteiger partial charge in [0.1, 0.15) is 5.82 Å². The summed E-state index contributed by atoms with van der Waals surface area (Å²) >= 11 is 5.99. The zero-order valence-corrected chi connectivity index (χ0v) is 14.8. The number of hydrogen-bond acceptors (Lipinski definition) is 5. The highest BCUT2D eigenvalue weighted by molar-refractivity contribution is 6.33. The molecule has 2 aliphatic heterocycles. The molecule has 144 valence electrons. The number of nitrogens with one attached hydrogen (secondary N) is 1. The first kappa shape index (κ1) is 19.2. The summed E-state index contributed by atoms with van der Waals surface area (Å²) in [4.78, 5) is 19.8. The van der Waals surface area contributed by atoms with E-state index in [2.05, 4.69) is 10.3 Å². The molecule has 1 unspecified atom stereocenters. The minimum absolute atomic E-state index is 0.0281. The molecule has 6 nitrogen and oxygen atoms in total. The summed E-state index contributed by atoms with van der Waals surface area (Å²) < 4.78 is 43.5. The Balaban J connectivity index is 1.55. The van der Waals surface area contributed by atoms with Gasteiger partial charge < -0.3 is 19.9 Å². The molecule has 10 heteroatoms. The van der Waals surface area contributed by atoms with Crippen LogP contribution >= 0.6 is 11.6 Å². The van der Waals surface area contributed by atoms with E-state index in [1.54, 1.807) is 9.80 Å². The van der Waals surface area contributed by atoms with E-state index in [1.165, 1.54) is 0 Å². The summed E-state index contributed by atoms with van der Waals surface area (Å²) in [6, 6.07) is 0.913. The van der Waals surface area contributed by atoms with Gasteiger partial charge in [-0.3, -0.25) is 4.79 Å². The standard InChI is InChI=1S/C16H20ClF3N4O2/c17-13-7-11(16(18,19)20)9-22-15(13)24-4-2-23(3-5-24)14(25)8-12-10-26-6-1-21-12/h7,9,12,21H,1-6,8,10H2. The van der Waals surface area contributed by atoms with Gasteiger partial charge in [-0.1, -0.05) is 11.6 Å². The zero-order valence-electron chi connectivity index (χ0n) is 14.1. The number of alkyl halides is 3. The monoisotopic (exact) mass is 392 g/mol. The third-order valence-corrected chi connectivity index (χ3v) is 4.78. The van der Waals surface area contributed by atoms with Gasteiger partial charge in [-0.2, -0.15) is 13.2 Å². The van der Waals surface area contributed by atoms with Crippen molar-refractivity contribution in [2.75, 3.05) is 50.8 Å². The Hall–Kier alpha value is -1.58. The lowest BCUT2D eigenvalue weighted by atomic mass is 10.1. The lowest BCUT2D eigenvalue weighted by Crippen LogP contribution is -2.51. The van der Waals surface area contributed by atoms with Crippen LogP contribution in [-0.4, -0.2) is 67.8 Å². The zero-order chi connectivity index (χ0) is 18.7. The van der Waals surface area contributed by atoms with Crippen molar-refractivity contribution >= 4 is 23.3 Å². The van der Waals surface area contributed by atoms with Crippen molar-refractivity contribution in [3.63, 3.8) is 0 Å². The molecule has 0 aliphatic carbocycles. The van der Waals surface area contributed by atoms with E-state index in [-0.39, 0.29) is 17.0 Å². The van der Waals surface area contributed by atoms with Crippen LogP contribution in [0.4, 0.5) is 19.0 Å². The molecule has 0 saturated carbocycles. The topological polar surface area (TPSA) is 57.7 Å². The molecule has 2 saturated heterocycles. The highest BCUT2D eigenvalue weighted by Crippen LogP contribution is 2.33. The normalized spacial score (nSPS) is 21.8. The van der Waals surface area contributed by atoms with Crippen molar-refractivity contribution in [2.24, 2.45) is 0 Å². The number of hydrogen-bond donors (Lipinski definition) is 1. The summed E-state index contributed by atoms with van der Waals surface area (Å²) in [5.41, 5.74) is -0.873. The molecule has 1 aromatic heterocycles. The number of ether oxygens (including phenoxy) is 1. The van der Waals surface area contributed by atoms with Gasteiger partial charge in [0.05, 0.1) is 23.8 Å². The molecular formula is C16H20ClF3N4O2. The Labute approximate surface area is 154 Å². The van der Waals surface area contributed by atoms with Gasteiger partial charge in [0.2, 0.25) is 5.91 Å². The van der Waals surface area contributed by atoms with E-state index in [9.17, 15) is 18.0 Å². The number of morpholine rings is 1. The fourth-order valence-corrected chi connectivity index (χ4v) is 3.36. The van der Waals surface area contributed by atoms with Crippen molar-refractivity contribution in [1.29, 1.82) is 0 Å². The third-order valence-electron chi connectivity index (χ3n) is 4.50. The number of carbonyl (C=O) groups is 1. The lowest BCUT2D eigenvalue weighted by molar-refractivity contribution is -0.138. The molecule has 1 N–H and O–H groups in total. The second kappa shape index (κ2) is 7.98. The first-order valence-corrected chi connectivity index (χ1v) is 8.79. The third kappa shape index (κ3) is 4.57. The largest absolute Gasteiger partial charge is 0.417 e. The number of aromatic nitrogens is 1. The Morgan fingerprint density at radius 3 is 2.65 bits per heavy atom. The number of pyridine rings is 1. The van der Waals surface area contributed by atoms with Crippen LogP contribution in [0.5, 0.6) is 0 Å². The second-order valence-corrected chi connectivity index (χ2v) is 6.73. The molecule has 26 heavy (non-hydrogen) atoms. The summed E-state index contributed by atoms with van der Waals surface area (Å²) in [7, 11) is 0. The number of halogens is 4. The summed E-state index contributed by atoms with van der Waals surface area (Å²) in [6.45, 7) is 3.82. The van der Waals surface area contributed by atoms with Crippen LogP contribution in [-0.2, 0) is 15.7 Å². The van der Waals surface area contributed by atoms with Crippen LogP contribution in [0.25, 0.3) is 0 Å². The molecule has 2 fully saturated rings. The Morgan fingerprint density at radius 1 is 1.35 bits per heavy atom. The van der Waals surface area contributed by atoms with Gasteiger partial charge in [0.15, 0.2) is 0 Å². The molecule has 3 heterocycles. The molecule has 3 rings (SSSR count). The fraction of sp³-hybridized carbons (Fsp3) is 0.625. The van der Waals surface area contributed by atoms with Gasteiger partial charge in [-0.05, 0) is 6.07 Å². The summed E-state index contributed by atoms with van der Waals surface area (Å²) in [5.74, 6) is 0.355. The van der Waals surface area contributed by atoms with E-state index in [0.717, 1.165) is 18.8 Å². The maximum Gasteiger partial charge on any atom is 0.417 e. The van der Waals surface area contributed by atoms with Gasteiger partial charge >= 0.3 is 6.18 Å². The van der Waals surface area contributed by atoms with Crippen molar-refractivity contribution in [1.82, 2.24) is 15.2 Å². The molecular weight excluding hydrogens is 373 g/mol. The van der Waals surface area contributed by atoms with Crippen LogP contribution in [0.15, 0.2) is 12.3 Å². The fourth-order valence-electron chi connectivity index (χ4n) is 3.08. The molecule has 0 radical (unpaired) electrons. The molecule has 1 amide bonds. The number of carbonyl (C=O) groups excluding carboxylic acids is 1. The summed E-state index contributed by atoms with van der Waals surface area (Å²) in [6.07, 6.45) is -3.32. The van der Waals surface area contributed by atoms with Crippen LogP contribution in [0, 0.1) is 0 Å². The van der Waals surface area contributed by atoms with E-state index in [1.807, 2.05) is 0 Å². The van der Waals surface area contributed by atoms with Crippen molar-refractivity contribution in [2.45, 2.75) is 18.6 Å². The maximum atomic E-state index is 12.7. The maximum absolute atomic E-state index is 12.7. The minimum Gasteiger partial charge on any atom is -0.378 e. The number of nitrogens with zero attached hydrogens (tertiary/aromatic N) is 3. The number of amides is 1. The Morgan fingerprint density at radius 2 is 2.08 bits per heavy atom. The SMILES string of the molecule is O=C(CC1COCCN1)N1CCN(c2ncc(C(F)(F)F)cc2Cl)CC1. The van der Waals surface area contributed by atoms with E-state index in [4.69, 9.17) is 16.3 Å². The average Bonchev–Trinajstić information content (AvgIpc) is 2.62. The lowest BCUT2D eigenvalue weighted by Gasteiger charge is -2.36. The first-order valence-electron chi connectivity index (χ1n) is 8.41. The number of anilines is 1. The Bertz CT molecular complexity index is 645. The summed E-state index contributed by atoms with van der Waals surface area (Å²) in [5, 5.41) is 3.21.